The summed E-state index contributed by atoms with van der Waals surface area (Å²) in [5, 5.41) is 5.18. The smallest absolute Gasteiger partial charge is 0.314 e. The van der Waals surface area contributed by atoms with E-state index >= 15 is 0 Å². The first-order valence-electron chi connectivity index (χ1n) is 6.81. The van der Waals surface area contributed by atoms with Gasteiger partial charge in [-0.15, -0.1) is 0 Å². The van der Waals surface area contributed by atoms with Crippen LogP contribution in [0.4, 0.5) is 11.4 Å². The van der Waals surface area contributed by atoms with E-state index < -0.39 is 11.8 Å². The van der Waals surface area contributed by atoms with Crippen LogP contribution in [0.2, 0.25) is 5.15 Å². The SMILES string of the molecule is CC(C)c1ccccc1NC(=O)C(=O)Nc1cccnc1Cl. The van der Waals surface area contributed by atoms with Crippen molar-refractivity contribution in [3.05, 3.63) is 53.3 Å². The van der Waals surface area contributed by atoms with Gasteiger partial charge < -0.3 is 10.6 Å². The van der Waals surface area contributed by atoms with E-state index in [1.807, 2.05) is 26.0 Å². The highest BCUT2D eigenvalue weighted by atomic mass is 35.5. The number of carbonyl (C=O) groups excluding carboxylic acids is 2. The van der Waals surface area contributed by atoms with Crippen LogP contribution >= 0.6 is 11.6 Å². The second-order valence-corrected chi connectivity index (χ2v) is 5.35. The molecule has 0 aliphatic carbocycles. The summed E-state index contributed by atoms with van der Waals surface area (Å²) in [6, 6.07) is 10.6. The number of amides is 2. The number of halogens is 1. The number of carbonyl (C=O) groups is 2. The van der Waals surface area contributed by atoms with Crippen LogP contribution in [-0.4, -0.2) is 16.8 Å². The molecule has 0 fully saturated rings. The Morgan fingerprint density at radius 3 is 2.23 bits per heavy atom. The summed E-state index contributed by atoms with van der Waals surface area (Å²) in [5.41, 5.74) is 1.87. The molecule has 0 aliphatic rings. The Morgan fingerprint density at radius 1 is 1.00 bits per heavy atom. The van der Waals surface area contributed by atoms with Crippen molar-refractivity contribution in [1.29, 1.82) is 0 Å². The van der Waals surface area contributed by atoms with Crippen molar-refractivity contribution in [2.45, 2.75) is 19.8 Å². The van der Waals surface area contributed by atoms with E-state index in [-0.39, 0.29) is 11.1 Å². The van der Waals surface area contributed by atoms with Gasteiger partial charge in [0.1, 0.15) is 0 Å². The summed E-state index contributed by atoms with van der Waals surface area (Å²) in [7, 11) is 0. The van der Waals surface area contributed by atoms with Gasteiger partial charge >= 0.3 is 11.8 Å². The minimum absolute atomic E-state index is 0.131. The molecular formula is C16H16ClN3O2. The van der Waals surface area contributed by atoms with Crippen LogP contribution in [0.15, 0.2) is 42.6 Å². The zero-order chi connectivity index (χ0) is 16.1. The zero-order valence-corrected chi connectivity index (χ0v) is 13.0. The van der Waals surface area contributed by atoms with Crippen molar-refractivity contribution >= 4 is 34.8 Å². The first-order chi connectivity index (χ1) is 10.5. The number of para-hydroxylation sites is 1. The van der Waals surface area contributed by atoms with Crippen molar-refractivity contribution in [3.8, 4) is 0 Å². The molecule has 6 heteroatoms. The van der Waals surface area contributed by atoms with Gasteiger partial charge in [-0.1, -0.05) is 43.6 Å². The van der Waals surface area contributed by atoms with Gasteiger partial charge in [-0.25, -0.2) is 4.98 Å². The van der Waals surface area contributed by atoms with Gasteiger partial charge in [-0.3, -0.25) is 9.59 Å². The number of anilines is 2. The van der Waals surface area contributed by atoms with Crippen molar-refractivity contribution in [1.82, 2.24) is 4.98 Å². The average molecular weight is 318 g/mol. The molecule has 5 nitrogen and oxygen atoms in total. The Balaban J connectivity index is 2.10. The Hall–Kier alpha value is -2.40. The molecule has 114 valence electrons. The number of hydrogen-bond donors (Lipinski definition) is 2. The van der Waals surface area contributed by atoms with Crippen molar-refractivity contribution in [2.24, 2.45) is 0 Å². The van der Waals surface area contributed by atoms with Gasteiger partial charge in [0, 0.05) is 11.9 Å². The molecule has 0 bridgehead atoms. The largest absolute Gasteiger partial charge is 0.318 e. The molecule has 0 atom stereocenters. The minimum Gasteiger partial charge on any atom is -0.318 e. The highest BCUT2D eigenvalue weighted by Gasteiger charge is 2.17. The summed E-state index contributed by atoms with van der Waals surface area (Å²) in [5.74, 6) is -1.33. The van der Waals surface area contributed by atoms with E-state index in [1.54, 1.807) is 24.3 Å². The fourth-order valence-electron chi connectivity index (χ4n) is 1.95. The number of pyridine rings is 1. The van der Waals surface area contributed by atoms with E-state index in [2.05, 4.69) is 15.6 Å². The van der Waals surface area contributed by atoms with Gasteiger partial charge in [0.15, 0.2) is 5.15 Å². The summed E-state index contributed by atoms with van der Waals surface area (Å²) in [4.78, 5) is 27.8. The molecule has 0 radical (unpaired) electrons. The second kappa shape index (κ2) is 7.04. The summed E-state index contributed by atoms with van der Waals surface area (Å²) >= 11 is 5.84. The normalized spacial score (nSPS) is 10.4. The van der Waals surface area contributed by atoms with Crippen LogP contribution in [0, 0.1) is 0 Å². The lowest BCUT2D eigenvalue weighted by atomic mass is 10.0. The number of hydrogen-bond acceptors (Lipinski definition) is 3. The molecule has 0 saturated heterocycles. The fourth-order valence-corrected chi connectivity index (χ4v) is 2.12. The summed E-state index contributed by atoms with van der Waals surface area (Å²) in [6.07, 6.45) is 1.50. The molecule has 0 unspecified atom stereocenters. The molecule has 22 heavy (non-hydrogen) atoms. The zero-order valence-electron chi connectivity index (χ0n) is 12.3. The summed E-state index contributed by atoms with van der Waals surface area (Å²) in [6.45, 7) is 4.03. The molecule has 2 aromatic rings. The second-order valence-electron chi connectivity index (χ2n) is 4.99. The third-order valence-corrected chi connectivity index (χ3v) is 3.35. The Labute approximate surface area is 133 Å². The van der Waals surface area contributed by atoms with Gasteiger partial charge in [0.25, 0.3) is 0 Å². The van der Waals surface area contributed by atoms with Gasteiger partial charge in [-0.05, 0) is 29.7 Å². The number of benzene rings is 1. The van der Waals surface area contributed by atoms with Crippen LogP contribution in [0.25, 0.3) is 0 Å². The maximum Gasteiger partial charge on any atom is 0.314 e. The number of rotatable bonds is 3. The first-order valence-corrected chi connectivity index (χ1v) is 7.18. The Morgan fingerprint density at radius 2 is 1.59 bits per heavy atom. The van der Waals surface area contributed by atoms with E-state index in [4.69, 9.17) is 11.6 Å². The molecular weight excluding hydrogens is 302 g/mol. The Bertz CT molecular complexity index is 701. The Kier molecular flexibility index (Phi) is 5.12. The molecule has 0 saturated carbocycles. The monoisotopic (exact) mass is 317 g/mol. The lowest BCUT2D eigenvalue weighted by Gasteiger charge is -2.13. The number of nitrogens with zero attached hydrogens (tertiary/aromatic N) is 1. The topological polar surface area (TPSA) is 71.1 Å². The lowest BCUT2D eigenvalue weighted by molar-refractivity contribution is -0.133. The highest BCUT2D eigenvalue weighted by Crippen LogP contribution is 2.23. The van der Waals surface area contributed by atoms with Gasteiger partial charge in [-0.2, -0.15) is 0 Å². The van der Waals surface area contributed by atoms with Crippen LogP contribution in [0.1, 0.15) is 25.3 Å². The first kappa shape index (κ1) is 16.0. The van der Waals surface area contributed by atoms with Crippen LogP contribution in [-0.2, 0) is 9.59 Å². The van der Waals surface area contributed by atoms with Crippen LogP contribution in [0.5, 0.6) is 0 Å². The minimum atomic E-state index is -0.798. The fraction of sp³-hybridized carbons (Fsp3) is 0.188. The van der Waals surface area contributed by atoms with Crippen LogP contribution < -0.4 is 10.6 Å². The molecule has 1 heterocycles. The molecule has 1 aromatic carbocycles. The lowest BCUT2D eigenvalue weighted by Crippen LogP contribution is -2.29. The van der Waals surface area contributed by atoms with E-state index in [0.717, 1.165) is 5.56 Å². The predicted octanol–water partition coefficient (Wildman–Crippen LogP) is 3.44. The predicted molar refractivity (Wildman–Crippen MR) is 87.0 cm³/mol. The maximum atomic E-state index is 12.0. The van der Waals surface area contributed by atoms with E-state index in [9.17, 15) is 9.59 Å². The quantitative estimate of drug-likeness (QED) is 0.673. The number of aromatic nitrogens is 1. The number of nitrogens with one attached hydrogen (secondary N) is 2. The summed E-state index contributed by atoms with van der Waals surface area (Å²) < 4.78 is 0. The molecule has 1 aromatic heterocycles. The van der Waals surface area contributed by atoms with Crippen LogP contribution in [0.3, 0.4) is 0 Å². The van der Waals surface area contributed by atoms with Crippen molar-refractivity contribution < 1.29 is 9.59 Å². The molecule has 0 spiro atoms. The molecule has 2 rings (SSSR count). The molecule has 0 aliphatic heterocycles. The standard InChI is InChI=1S/C16H16ClN3O2/c1-10(2)11-6-3-4-7-12(11)19-15(21)16(22)20-13-8-5-9-18-14(13)17/h3-10H,1-2H3,(H,19,21)(H,20,22). The highest BCUT2D eigenvalue weighted by molar-refractivity contribution is 6.44. The van der Waals surface area contributed by atoms with E-state index in [0.29, 0.717) is 11.4 Å². The van der Waals surface area contributed by atoms with Gasteiger partial charge in [0.2, 0.25) is 0 Å². The maximum absolute atomic E-state index is 12.0. The van der Waals surface area contributed by atoms with Gasteiger partial charge in [0.05, 0.1) is 5.69 Å². The molecule has 2 amide bonds. The third-order valence-electron chi connectivity index (χ3n) is 3.04. The third kappa shape index (κ3) is 3.83. The molecule has 2 N–H and O–H groups in total. The van der Waals surface area contributed by atoms with Crippen molar-refractivity contribution in [2.75, 3.05) is 10.6 Å². The average Bonchev–Trinajstić information content (AvgIpc) is 2.49. The van der Waals surface area contributed by atoms with E-state index in [1.165, 1.54) is 6.20 Å². The van der Waals surface area contributed by atoms with Crippen molar-refractivity contribution in [3.63, 3.8) is 0 Å².